The van der Waals surface area contributed by atoms with Crippen molar-refractivity contribution in [2.24, 2.45) is 0 Å². The molecule has 0 atom stereocenters. The van der Waals surface area contributed by atoms with Crippen LogP contribution in [0.15, 0.2) is 52.5 Å². The molecule has 0 bridgehead atoms. The average Bonchev–Trinajstić information content (AvgIpc) is 3.18. The summed E-state index contributed by atoms with van der Waals surface area (Å²) < 4.78 is 27.4. The number of anilines is 1. The topological polar surface area (TPSA) is 93.4 Å². The fourth-order valence-electron chi connectivity index (χ4n) is 2.69. The average molecular weight is 428 g/mol. The number of carbonyl (C=O) groups is 1. The predicted octanol–water partition coefficient (Wildman–Crippen LogP) is 2.49. The Labute approximate surface area is 167 Å². The lowest BCUT2D eigenvalue weighted by Crippen LogP contribution is -2.28. The van der Waals surface area contributed by atoms with Gasteiger partial charge in [0.15, 0.2) is 6.20 Å². The molecule has 1 aromatic heterocycles. The van der Waals surface area contributed by atoms with Crippen LogP contribution in [0.1, 0.15) is 12.8 Å². The van der Waals surface area contributed by atoms with Gasteiger partial charge < -0.3 is 10.5 Å². The third-order valence-electron chi connectivity index (χ3n) is 4.05. The Morgan fingerprint density at radius 3 is 2.70 bits per heavy atom. The van der Waals surface area contributed by atoms with E-state index in [1.807, 2.05) is 0 Å². The Morgan fingerprint density at radius 2 is 2.00 bits per heavy atom. The molecule has 144 valence electrons. The molecule has 1 amide bonds. The number of halogens is 1. The van der Waals surface area contributed by atoms with E-state index in [4.69, 9.17) is 11.6 Å². The quantitative estimate of drug-likeness (QED) is 0.434. The minimum atomic E-state index is -3.60. The van der Waals surface area contributed by atoms with Crippen LogP contribution in [0.2, 0.25) is 5.02 Å². The summed E-state index contributed by atoms with van der Waals surface area (Å²) in [5.74, 6) is -0.396. The minimum Gasteiger partial charge on any atom is -0.618 e. The number of rotatable bonds is 6. The molecule has 0 aliphatic carbocycles. The molecular formula is C17H18ClN3O4S2. The van der Waals surface area contributed by atoms with Gasteiger partial charge in [-0.25, -0.2) is 8.42 Å². The Balaban J connectivity index is 1.71. The Hall–Kier alpha value is -1.81. The zero-order valence-electron chi connectivity index (χ0n) is 14.3. The van der Waals surface area contributed by atoms with E-state index in [0.29, 0.717) is 22.8 Å². The maximum atomic E-state index is 12.7. The number of sulfonamides is 1. The van der Waals surface area contributed by atoms with Crippen molar-refractivity contribution in [1.82, 2.24) is 4.31 Å². The summed E-state index contributed by atoms with van der Waals surface area (Å²) >= 11 is 7.19. The van der Waals surface area contributed by atoms with Crippen molar-refractivity contribution in [2.45, 2.75) is 22.8 Å². The van der Waals surface area contributed by atoms with Crippen molar-refractivity contribution < 1.29 is 17.9 Å². The molecule has 2 heterocycles. The highest BCUT2D eigenvalue weighted by atomic mass is 35.5. The van der Waals surface area contributed by atoms with Crippen LogP contribution in [0, 0.1) is 5.21 Å². The van der Waals surface area contributed by atoms with Gasteiger partial charge in [-0.1, -0.05) is 11.6 Å². The van der Waals surface area contributed by atoms with E-state index in [1.165, 1.54) is 28.7 Å². The molecular weight excluding hydrogens is 410 g/mol. The number of pyridine rings is 1. The van der Waals surface area contributed by atoms with E-state index < -0.39 is 10.0 Å². The van der Waals surface area contributed by atoms with Crippen LogP contribution >= 0.6 is 23.4 Å². The fraction of sp³-hybridized carbons (Fsp3) is 0.294. The summed E-state index contributed by atoms with van der Waals surface area (Å²) in [5.41, 5.74) is 0.227. The number of carbonyl (C=O) groups excluding carboxylic acids is 1. The van der Waals surface area contributed by atoms with Crippen LogP contribution < -0.4 is 10.0 Å². The van der Waals surface area contributed by atoms with Crippen LogP contribution in [-0.4, -0.2) is 37.5 Å². The molecule has 0 radical (unpaired) electrons. The largest absolute Gasteiger partial charge is 0.618 e. The van der Waals surface area contributed by atoms with E-state index in [2.05, 4.69) is 5.32 Å². The summed E-state index contributed by atoms with van der Waals surface area (Å²) in [4.78, 5) is 12.3. The lowest BCUT2D eigenvalue weighted by molar-refractivity contribution is -0.645. The normalized spacial score (nSPS) is 15.0. The van der Waals surface area contributed by atoms with Gasteiger partial charge >= 0.3 is 0 Å². The first-order valence-corrected chi connectivity index (χ1v) is 11.1. The number of hydrogen-bond acceptors (Lipinski definition) is 5. The summed E-state index contributed by atoms with van der Waals surface area (Å²) in [6.07, 6.45) is 3.03. The minimum absolute atomic E-state index is 0.00825. The van der Waals surface area contributed by atoms with E-state index >= 15 is 0 Å². The zero-order valence-corrected chi connectivity index (χ0v) is 16.7. The van der Waals surface area contributed by atoms with Crippen molar-refractivity contribution in [3.63, 3.8) is 0 Å². The van der Waals surface area contributed by atoms with Gasteiger partial charge in [0.25, 0.3) is 5.03 Å². The van der Waals surface area contributed by atoms with Crippen LogP contribution in [0.4, 0.5) is 5.69 Å². The second kappa shape index (κ2) is 8.47. The Kier molecular flexibility index (Phi) is 6.25. The molecule has 0 unspecified atom stereocenters. The molecule has 1 aliphatic heterocycles. The van der Waals surface area contributed by atoms with Gasteiger partial charge in [-0.15, -0.1) is 0 Å². The molecule has 1 fully saturated rings. The highest BCUT2D eigenvalue weighted by molar-refractivity contribution is 7.99. The van der Waals surface area contributed by atoms with E-state index in [9.17, 15) is 18.4 Å². The van der Waals surface area contributed by atoms with Gasteiger partial charge in [0, 0.05) is 25.2 Å². The third-order valence-corrected chi connectivity index (χ3v) is 7.30. The number of hydrogen-bond donors (Lipinski definition) is 1. The molecule has 1 N–H and O–H groups in total. The van der Waals surface area contributed by atoms with Crippen molar-refractivity contribution in [3.05, 3.63) is 52.8 Å². The second-order valence-electron chi connectivity index (χ2n) is 5.95. The molecule has 1 aliphatic rings. The molecule has 0 spiro atoms. The third kappa shape index (κ3) is 4.73. The molecule has 10 heteroatoms. The molecule has 1 aromatic carbocycles. The fourth-order valence-corrected chi connectivity index (χ4v) is 5.11. The first-order valence-electron chi connectivity index (χ1n) is 8.28. The molecule has 2 aromatic rings. The van der Waals surface area contributed by atoms with Gasteiger partial charge in [-0.3, -0.25) is 4.79 Å². The summed E-state index contributed by atoms with van der Waals surface area (Å²) in [6.45, 7) is 0.991. The van der Waals surface area contributed by atoms with Crippen molar-refractivity contribution in [3.8, 4) is 0 Å². The lowest BCUT2D eigenvalue weighted by atomic mass is 10.3. The van der Waals surface area contributed by atoms with Gasteiger partial charge in [0.1, 0.15) is 0 Å². The standard InChI is InChI=1S/C17H18ClN3O4S2/c18-14-7-6-13(27(24,25)20-8-3-4-9-20)11-15(14)19-16(22)12-26-17-5-1-2-10-21(17)23/h1-2,5-7,10-11H,3-4,8-9,12H2,(H,19,22). The van der Waals surface area contributed by atoms with Crippen molar-refractivity contribution in [1.29, 1.82) is 0 Å². The predicted molar refractivity (Wildman–Crippen MR) is 104 cm³/mol. The Bertz CT molecular complexity index is 947. The maximum Gasteiger partial charge on any atom is 0.251 e. The van der Waals surface area contributed by atoms with E-state index in [-0.39, 0.29) is 27.3 Å². The second-order valence-corrected chi connectivity index (χ2v) is 9.30. The number of nitrogens with zero attached hydrogens (tertiary/aromatic N) is 2. The molecule has 3 rings (SSSR count). The first kappa shape index (κ1) is 19.9. The van der Waals surface area contributed by atoms with Crippen LogP contribution in [0.25, 0.3) is 0 Å². The van der Waals surface area contributed by atoms with E-state index in [0.717, 1.165) is 24.6 Å². The monoisotopic (exact) mass is 427 g/mol. The van der Waals surface area contributed by atoms with Gasteiger partial charge in [0.05, 0.1) is 21.4 Å². The molecule has 27 heavy (non-hydrogen) atoms. The van der Waals surface area contributed by atoms with Crippen LogP contribution in [0.5, 0.6) is 0 Å². The van der Waals surface area contributed by atoms with Crippen molar-refractivity contribution >= 4 is 45.0 Å². The SMILES string of the molecule is O=C(CSc1cccc[n+]1[O-])Nc1cc(S(=O)(=O)N2CCCC2)ccc1Cl. The zero-order chi connectivity index (χ0) is 19.4. The first-order chi connectivity index (χ1) is 12.9. The summed E-state index contributed by atoms with van der Waals surface area (Å²) in [5, 5.41) is 14.8. The van der Waals surface area contributed by atoms with Gasteiger partial charge in [0.2, 0.25) is 15.9 Å². The molecule has 7 nitrogen and oxygen atoms in total. The maximum absolute atomic E-state index is 12.7. The van der Waals surface area contributed by atoms with E-state index in [1.54, 1.807) is 18.2 Å². The number of aromatic nitrogens is 1. The molecule has 0 saturated carbocycles. The molecule has 1 saturated heterocycles. The van der Waals surface area contributed by atoms with Gasteiger partial charge in [-0.05, 0) is 48.9 Å². The van der Waals surface area contributed by atoms with Crippen molar-refractivity contribution in [2.75, 3.05) is 24.2 Å². The number of benzene rings is 1. The number of nitrogens with one attached hydrogen (secondary N) is 1. The number of amides is 1. The highest BCUT2D eigenvalue weighted by Crippen LogP contribution is 2.28. The highest BCUT2D eigenvalue weighted by Gasteiger charge is 2.27. The van der Waals surface area contributed by atoms with Gasteiger partial charge in [-0.2, -0.15) is 9.04 Å². The smallest absolute Gasteiger partial charge is 0.251 e. The van der Waals surface area contributed by atoms with Crippen LogP contribution in [-0.2, 0) is 14.8 Å². The summed E-state index contributed by atoms with van der Waals surface area (Å²) in [6, 6.07) is 9.18. The lowest BCUT2D eigenvalue weighted by Gasteiger charge is -2.16. The van der Waals surface area contributed by atoms with Crippen LogP contribution in [0.3, 0.4) is 0 Å². The summed E-state index contributed by atoms with van der Waals surface area (Å²) in [7, 11) is -3.60. The number of thioether (sulfide) groups is 1. The Morgan fingerprint density at radius 1 is 1.26 bits per heavy atom.